The van der Waals surface area contributed by atoms with Crippen molar-refractivity contribution < 1.29 is 9.53 Å². The minimum absolute atomic E-state index is 0.0508. The van der Waals surface area contributed by atoms with E-state index in [-0.39, 0.29) is 5.91 Å². The molecule has 0 atom stereocenters. The molecule has 1 aromatic carbocycles. The third kappa shape index (κ3) is 3.99. The van der Waals surface area contributed by atoms with Crippen LogP contribution in [0.2, 0.25) is 0 Å². The molecule has 1 N–H and O–H groups in total. The van der Waals surface area contributed by atoms with Crippen molar-refractivity contribution in [3.63, 3.8) is 0 Å². The second kappa shape index (κ2) is 6.95. The van der Waals surface area contributed by atoms with Gasteiger partial charge in [-0.05, 0) is 44.2 Å². The Morgan fingerprint density at radius 1 is 1.30 bits per heavy atom. The van der Waals surface area contributed by atoms with Crippen molar-refractivity contribution in [1.29, 1.82) is 5.26 Å². The highest BCUT2D eigenvalue weighted by molar-refractivity contribution is 5.77. The number of ether oxygens (including phenoxy) is 1. The van der Waals surface area contributed by atoms with Crippen molar-refractivity contribution in [3.8, 4) is 11.8 Å². The molecule has 1 aromatic rings. The van der Waals surface area contributed by atoms with Crippen molar-refractivity contribution in [2.75, 3.05) is 6.61 Å². The summed E-state index contributed by atoms with van der Waals surface area (Å²) in [5.41, 5.74) is -0.614. The molecule has 20 heavy (non-hydrogen) atoms. The fourth-order valence-electron chi connectivity index (χ4n) is 2.51. The lowest BCUT2D eigenvalue weighted by Gasteiger charge is -2.21. The lowest BCUT2D eigenvalue weighted by Crippen LogP contribution is -2.45. The number of para-hydroxylation sites is 1. The number of nitriles is 1. The molecule has 1 aliphatic rings. The molecule has 1 amide bonds. The number of amides is 1. The van der Waals surface area contributed by atoms with Gasteiger partial charge >= 0.3 is 0 Å². The van der Waals surface area contributed by atoms with Crippen LogP contribution in [0.4, 0.5) is 0 Å². The Balaban J connectivity index is 1.67. The van der Waals surface area contributed by atoms with Gasteiger partial charge in [0.25, 0.3) is 0 Å². The highest BCUT2D eigenvalue weighted by Crippen LogP contribution is 2.28. The molecule has 0 spiro atoms. The molecule has 4 heteroatoms. The van der Waals surface area contributed by atoms with Crippen LogP contribution in [0.5, 0.6) is 5.75 Å². The van der Waals surface area contributed by atoms with E-state index in [9.17, 15) is 10.1 Å². The fourth-order valence-corrected chi connectivity index (χ4v) is 2.51. The summed E-state index contributed by atoms with van der Waals surface area (Å²) in [6.45, 7) is 0.511. The van der Waals surface area contributed by atoms with Gasteiger partial charge in [0, 0.05) is 6.42 Å². The van der Waals surface area contributed by atoms with Gasteiger partial charge in [0.05, 0.1) is 12.7 Å². The van der Waals surface area contributed by atoms with Gasteiger partial charge in [0.2, 0.25) is 5.91 Å². The highest BCUT2D eigenvalue weighted by Gasteiger charge is 2.34. The molecule has 0 aliphatic heterocycles. The van der Waals surface area contributed by atoms with Crippen LogP contribution in [-0.2, 0) is 4.79 Å². The third-order valence-corrected chi connectivity index (χ3v) is 3.61. The van der Waals surface area contributed by atoms with Crippen molar-refractivity contribution in [2.24, 2.45) is 0 Å². The molecule has 0 radical (unpaired) electrons. The Hall–Kier alpha value is -2.02. The molecule has 4 nitrogen and oxygen atoms in total. The Labute approximate surface area is 119 Å². The van der Waals surface area contributed by atoms with Gasteiger partial charge in [-0.2, -0.15) is 5.26 Å². The van der Waals surface area contributed by atoms with Gasteiger partial charge in [0.15, 0.2) is 0 Å². The van der Waals surface area contributed by atoms with E-state index in [1.807, 2.05) is 30.3 Å². The topological polar surface area (TPSA) is 62.1 Å². The molecule has 0 aromatic heterocycles. The second-order valence-corrected chi connectivity index (χ2v) is 5.21. The van der Waals surface area contributed by atoms with Gasteiger partial charge in [0.1, 0.15) is 11.3 Å². The summed E-state index contributed by atoms with van der Waals surface area (Å²) >= 11 is 0. The highest BCUT2D eigenvalue weighted by atomic mass is 16.5. The molecular weight excluding hydrogens is 252 g/mol. The first-order valence-corrected chi connectivity index (χ1v) is 7.14. The van der Waals surface area contributed by atoms with Crippen molar-refractivity contribution in [1.82, 2.24) is 5.32 Å². The van der Waals surface area contributed by atoms with Crippen LogP contribution in [0.15, 0.2) is 30.3 Å². The maximum Gasteiger partial charge on any atom is 0.221 e. The zero-order chi connectivity index (χ0) is 14.3. The van der Waals surface area contributed by atoms with Crippen LogP contribution < -0.4 is 10.1 Å². The van der Waals surface area contributed by atoms with Gasteiger partial charge in [-0.3, -0.25) is 4.79 Å². The SMILES string of the molecule is N#CC1(NC(=O)CCCOc2ccccc2)CCCC1. The fraction of sp³-hybridized carbons (Fsp3) is 0.500. The molecule has 1 saturated carbocycles. The normalized spacial score (nSPS) is 16.4. The lowest BCUT2D eigenvalue weighted by molar-refractivity contribution is -0.122. The first-order chi connectivity index (χ1) is 9.74. The Morgan fingerprint density at radius 3 is 2.65 bits per heavy atom. The summed E-state index contributed by atoms with van der Waals surface area (Å²) < 4.78 is 5.53. The summed E-state index contributed by atoms with van der Waals surface area (Å²) in [4.78, 5) is 11.9. The molecule has 1 aliphatic carbocycles. The molecule has 0 bridgehead atoms. The summed E-state index contributed by atoms with van der Waals surface area (Å²) in [5.74, 6) is 0.766. The van der Waals surface area contributed by atoms with Crippen LogP contribution in [0.1, 0.15) is 38.5 Å². The van der Waals surface area contributed by atoms with Crippen LogP contribution >= 0.6 is 0 Å². The van der Waals surface area contributed by atoms with Crippen LogP contribution in [-0.4, -0.2) is 18.1 Å². The van der Waals surface area contributed by atoms with Crippen molar-refractivity contribution >= 4 is 5.91 Å². The number of nitrogens with zero attached hydrogens (tertiary/aromatic N) is 1. The predicted molar refractivity (Wildman–Crippen MR) is 76.1 cm³/mol. The number of benzene rings is 1. The molecule has 106 valence electrons. The number of hydrogen-bond donors (Lipinski definition) is 1. The average Bonchev–Trinajstić information content (AvgIpc) is 2.94. The summed E-state index contributed by atoms with van der Waals surface area (Å²) in [5, 5.41) is 12.1. The molecule has 0 heterocycles. The van der Waals surface area contributed by atoms with Crippen LogP contribution in [0.3, 0.4) is 0 Å². The number of carbonyl (C=O) groups excluding carboxylic acids is 1. The van der Waals surface area contributed by atoms with Crippen LogP contribution in [0.25, 0.3) is 0 Å². The smallest absolute Gasteiger partial charge is 0.221 e. The maximum atomic E-state index is 11.9. The van der Waals surface area contributed by atoms with Crippen LogP contribution in [0, 0.1) is 11.3 Å². The Kier molecular flexibility index (Phi) is 5.00. The van der Waals surface area contributed by atoms with E-state index in [0.29, 0.717) is 19.4 Å². The number of rotatable bonds is 6. The molecule has 0 saturated heterocycles. The van der Waals surface area contributed by atoms with E-state index < -0.39 is 5.54 Å². The second-order valence-electron chi connectivity index (χ2n) is 5.21. The summed E-state index contributed by atoms with van der Waals surface area (Å²) in [7, 11) is 0. The first-order valence-electron chi connectivity index (χ1n) is 7.14. The molecule has 2 rings (SSSR count). The quantitative estimate of drug-likeness (QED) is 0.810. The van der Waals surface area contributed by atoms with Gasteiger partial charge < -0.3 is 10.1 Å². The first kappa shape index (κ1) is 14.4. The van der Waals surface area contributed by atoms with Gasteiger partial charge in [-0.15, -0.1) is 0 Å². The van der Waals surface area contributed by atoms with Crippen molar-refractivity contribution in [2.45, 2.75) is 44.1 Å². The molecule has 1 fully saturated rings. The predicted octanol–water partition coefficient (Wildman–Crippen LogP) is 2.80. The number of hydrogen-bond acceptors (Lipinski definition) is 3. The largest absolute Gasteiger partial charge is 0.494 e. The van der Waals surface area contributed by atoms with Gasteiger partial charge in [-0.1, -0.05) is 18.2 Å². The maximum absolute atomic E-state index is 11.9. The number of carbonyl (C=O) groups is 1. The minimum atomic E-state index is -0.614. The van der Waals surface area contributed by atoms with Gasteiger partial charge in [-0.25, -0.2) is 0 Å². The van der Waals surface area contributed by atoms with E-state index >= 15 is 0 Å². The Bertz CT molecular complexity index is 473. The number of nitrogens with one attached hydrogen (secondary N) is 1. The van der Waals surface area contributed by atoms with E-state index in [2.05, 4.69) is 11.4 Å². The monoisotopic (exact) mass is 272 g/mol. The third-order valence-electron chi connectivity index (χ3n) is 3.61. The summed E-state index contributed by atoms with van der Waals surface area (Å²) in [6, 6.07) is 11.8. The van der Waals surface area contributed by atoms with E-state index in [0.717, 1.165) is 31.4 Å². The lowest BCUT2D eigenvalue weighted by atomic mass is 9.99. The molecule has 0 unspecified atom stereocenters. The Morgan fingerprint density at radius 2 is 2.00 bits per heavy atom. The van der Waals surface area contributed by atoms with Crippen molar-refractivity contribution in [3.05, 3.63) is 30.3 Å². The minimum Gasteiger partial charge on any atom is -0.494 e. The van der Waals surface area contributed by atoms with E-state index in [4.69, 9.17) is 4.74 Å². The zero-order valence-corrected chi connectivity index (χ0v) is 11.6. The molecular formula is C16H20N2O2. The van der Waals surface area contributed by atoms with E-state index in [1.165, 1.54) is 0 Å². The summed E-state index contributed by atoms with van der Waals surface area (Å²) in [6.07, 6.45) is 4.64. The zero-order valence-electron chi connectivity index (χ0n) is 11.6. The average molecular weight is 272 g/mol. The standard InChI is InChI=1S/C16H20N2O2/c17-13-16(10-4-5-11-16)18-15(19)9-6-12-20-14-7-2-1-3-8-14/h1-3,7-8H,4-6,9-12H2,(H,18,19). The van der Waals surface area contributed by atoms with E-state index in [1.54, 1.807) is 0 Å².